The van der Waals surface area contributed by atoms with Crippen molar-refractivity contribution in [1.82, 2.24) is 4.90 Å². The molecule has 20 heavy (non-hydrogen) atoms. The highest BCUT2D eigenvalue weighted by atomic mass is 16.4. The quantitative estimate of drug-likeness (QED) is 0.922. The fraction of sp³-hybridized carbons (Fsp3) is 0.500. The minimum atomic E-state index is -0.915. The minimum absolute atomic E-state index is 0.0719. The molecule has 0 aliphatic carbocycles. The van der Waals surface area contributed by atoms with Gasteiger partial charge in [-0.2, -0.15) is 0 Å². The summed E-state index contributed by atoms with van der Waals surface area (Å²) >= 11 is 0. The normalized spacial score (nSPS) is 19.4. The first kappa shape index (κ1) is 14.6. The van der Waals surface area contributed by atoms with Gasteiger partial charge in [-0.1, -0.05) is 45.0 Å². The minimum Gasteiger partial charge on any atom is -0.480 e. The van der Waals surface area contributed by atoms with Gasteiger partial charge in [-0.05, 0) is 23.0 Å². The molecule has 1 heterocycles. The Morgan fingerprint density at radius 2 is 1.90 bits per heavy atom. The van der Waals surface area contributed by atoms with Crippen molar-refractivity contribution in [1.29, 1.82) is 0 Å². The molecule has 4 heteroatoms. The van der Waals surface area contributed by atoms with Crippen molar-refractivity contribution < 1.29 is 14.7 Å². The molecule has 4 nitrogen and oxygen atoms in total. The first-order valence-electron chi connectivity index (χ1n) is 6.91. The second-order valence-electron chi connectivity index (χ2n) is 6.36. The topological polar surface area (TPSA) is 57.6 Å². The summed E-state index contributed by atoms with van der Waals surface area (Å²) in [7, 11) is 0. The smallest absolute Gasteiger partial charge is 0.326 e. The molecule has 1 amide bonds. The molecular weight excluding hydrogens is 254 g/mol. The van der Waals surface area contributed by atoms with E-state index in [0.717, 1.165) is 5.56 Å². The maximum absolute atomic E-state index is 11.8. The van der Waals surface area contributed by atoms with E-state index in [1.807, 2.05) is 24.3 Å². The molecule has 0 bridgehead atoms. The van der Waals surface area contributed by atoms with E-state index in [4.69, 9.17) is 5.11 Å². The number of benzene rings is 1. The Bertz CT molecular complexity index is 514. The molecule has 0 radical (unpaired) electrons. The number of hydrogen-bond acceptors (Lipinski definition) is 2. The Labute approximate surface area is 119 Å². The maximum Gasteiger partial charge on any atom is 0.326 e. The van der Waals surface area contributed by atoms with Crippen molar-refractivity contribution in [3.05, 3.63) is 35.4 Å². The molecule has 1 aromatic carbocycles. The first-order valence-corrected chi connectivity index (χ1v) is 6.91. The van der Waals surface area contributed by atoms with Gasteiger partial charge in [0.1, 0.15) is 6.04 Å². The molecule has 0 aromatic heterocycles. The van der Waals surface area contributed by atoms with Gasteiger partial charge in [-0.3, -0.25) is 4.79 Å². The van der Waals surface area contributed by atoms with Gasteiger partial charge in [0.15, 0.2) is 0 Å². The Balaban J connectivity index is 2.13. The average molecular weight is 275 g/mol. The number of amides is 1. The third-order valence-corrected chi connectivity index (χ3v) is 3.79. The summed E-state index contributed by atoms with van der Waals surface area (Å²) in [5.74, 6) is -0.987. The predicted molar refractivity (Wildman–Crippen MR) is 76.3 cm³/mol. The Kier molecular flexibility index (Phi) is 3.84. The Morgan fingerprint density at radius 3 is 2.40 bits per heavy atom. The lowest BCUT2D eigenvalue weighted by Crippen LogP contribution is -2.37. The fourth-order valence-corrected chi connectivity index (χ4v) is 2.50. The van der Waals surface area contributed by atoms with Gasteiger partial charge < -0.3 is 10.0 Å². The van der Waals surface area contributed by atoms with Gasteiger partial charge in [-0.15, -0.1) is 0 Å². The standard InChI is InChI=1S/C16H21NO3/c1-16(2,3)12-6-4-11(5-7-12)10-17-13(15(19)20)8-9-14(17)18/h4-7,13H,8-10H2,1-3H3,(H,19,20)/t13-/m1/s1. The molecular formula is C16H21NO3. The summed E-state index contributed by atoms with van der Waals surface area (Å²) in [5, 5.41) is 9.14. The first-order chi connectivity index (χ1) is 9.29. The maximum atomic E-state index is 11.8. The SMILES string of the molecule is CC(C)(C)c1ccc(CN2C(=O)CC[C@@H]2C(=O)O)cc1. The number of carboxylic acid groups (broad SMARTS) is 1. The highest BCUT2D eigenvalue weighted by Crippen LogP contribution is 2.25. The molecule has 0 unspecified atom stereocenters. The van der Waals surface area contributed by atoms with Crippen LogP contribution in [-0.2, 0) is 21.5 Å². The van der Waals surface area contributed by atoms with Crippen LogP contribution < -0.4 is 0 Å². The van der Waals surface area contributed by atoms with Crippen LogP contribution in [0, 0.1) is 0 Å². The van der Waals surface area contributed by atoms with Crippen LogP contribution in [0.4, 0.5) is 0 Å². The van der Waals surface area contributed by atoms with Crippen molar-refractivity contribution in [3.63, 3.8) is 0 Å². The van der Waals surface area contributed by atoms with Gasteiger partial charge in [0.2, 0.25) is 5.91 Å². The van der Waals surface area contributed by atoms with Gasteiger partial charge in [0.05, 0.1) is 0 Å². The molecule has 1 atom stereocenters. The molecule has 1 saturated heterocycles. The van der Waals surface area contributed by atoms with E-state index in [9.17, 15) is 9.59 Å². The molecule has 108 valence electrons. The third kappa shape index (κ3) is 3.00. The summed E-state index contributed by atoms with van der Waals surface area (Å²) < 4.78 is 0. The summed E-state index contributed by atoms with van der Waals surface area (Å²) in [6.07, 6.45) is 0.741. The molecule has 1 aromatic rings. The largest absolute Gasteiger partial charge is 0.480 e. The molecule has 1 N–H and O–H groups in total. The van der Waals surface area contributed by atoms with Gasteiger partial charge in [0.25, 0.3) is 0 Å². The number of carboxylic acids is 1. The highest BCUT2D eigenvalue weighted by molar-refractivity contribution is 5.87. The number of carbonyl (C=O) groups is 2. The van der Waals surface area contributed by atoms with Gasteiger partial charge in [-0.25, -0.2) is 4.79 Å². The van der Waals surface area contributed by atoms with Crippen LogP contribution in [0.15, 0.2) is 24.3 Å². The highest BCUT2D eigenvalue weighted by Gasteiger charge is 2.35. The summed E-state index contributed by atoms with van der Waals surface area (Å²) in [5.41, 5.74) is 2.29. The number of likely N-dealkylation sites (tertiary alicyclic amines) is 1. The molecule has 2 rings (SSSR count). The fourth-order valence-electron chi connectivity index (χ4n) is 2.50. The van der Waals surface area contributed by atoms with Crippen LogP contribution in [0.2, 0.25) is 0 Å². The summed E-state index contributed by atoms with van der Waals surface area (Å²) in [4.78, 5) is 24.4. The van der Waals surface area contributed by atoms with Crippen molar-refractivity contribution in [2.45, 2.75) is 51.6 Å². The molecule has 1 fully saturated rings. The lowest BCUT2D eigenvalue weighted by atomic mass is 9.87. The van der Waals surface area contributed by atoms with Crippen LogP contribution in [0.25, 0.3) is 0 Å². The van der Waals surface area contributed by atoms with Gasteiger partial charge >= 0.3 is 5.97 Å². The number of carbonyl (C=O) groups excluding carboxylic acids is 1. The van der Waals surface area contributed by atoms with Crippen molar-refractivity contribution in [2.75, 3.05) is 0 Å². The van der Waals surface area contributed by atoms with Crippen LogP contribution in [0.1, 0.15) is 44.7 Å². The number of nitrogens with zero attached hydrogens (tertiary/aromatic N) is 1. The van der Waals surface area contributed by atoms with Crippen molar-refractivity contribution >= 4 is 11.9 Å². The van der Waals surface area contributed by atoms with Crippen LogP contribution in [0.3, 0.4) is 0 Å². The number of rotatable bonds is 3. The van der Waals surface area contributed by atoms with Crippen molar-refractivity contribution in [2.24, 2.45) is 0 Å². The second-order valence-corrected chi connectivity index (χ2v) is 6.36. The van der Waals surface area contributed by atoms with E-state index >= 15 is 0 Å². The zero-order chi connectivity index (χ0) is 14.9. The summed E-state index contributed by atoms with van der Waals surface area (Å²) in [6.45, 7) is 6.81. The van der Waals surface area contributed by atoms with Crippen LogP contribution in [0.5, 0.6) is 0 Å². The monoisotopic (exact) mass is 275 g/mol. The van der Waals surface area contributed by atoms with Crippen LogP contribution >= 0.6 is 0 Å². The van der Waals surface area contributed by atoms with E-state index < -0.39 is 12.0 Å². The van der Waals surface area contributed by atoms with E-state index in [-0.39, 0.29) is 11.3 Å². The predicted octanol–water partition coefficient (Wildman–Crippen LogP) is 2.56. The summed E-state index contributed by atoms with van der Waals surface area (Å²) in [6, 6.07) is 7.37. The number of aliphatic carboxylic acids is 1. The molecule has 0 spiro atoms. The van der Waals surface area contributed by atoms with Gasteiger partial charge in [0, 0.05) is 13.0 Å². The van der Waals surface area contributed by atoms with E-state index in [1.54, 1.807) is 0 Å². The van der Waals surface area contributed by atoms with E-state index in [2.05, 4.69) is 20.8 Å². The Morgan fingerprint density at radius 1 is 1.30 bits per heavy atom. The van der Waals surface area contributed by atoms with Crippen molar-refractivity contribution in [3.8, 4) is 0 Å². The third-order valence-electron chi connectivity index (χ3n) is 3.79. The molecule has 1 aliphatic rings. The zero-order valence-corrected chi connectivity index (χ0v) is 12.2. The lowest BCUT2D eigenvalue weighted by molar-refractivity contribution is -0.146. The van der Waals surface area contributed by atoms with E-state index in [1.165, 1.54) is 10.5 Å². The zero-order valence-electron chi connectivity index (χ0n) is 12.2. The molecule has 0 saturated carbocycles. The van der Waals surface area contributed by atoms with Crippen LogP contribution in [-0.4, -0.2) is 27.9 Å². The lowest BCUT2D eigenvalue weighted by Gasteiger charge is -2.23. The van der Waals surface area contributed by atoms with E-state index in [0.29, 0.717) is 19.4 Å². The second kappa shape index (κ2) is 5.27. The average Bonchev–Trinajstić information content (AvgIpc) is 2.71. The number of hydrogen-bond donors (Lipinski definition) is 1. The molecule has 1 aliphatic heterocycles. The Hall–Kier alpha value is -1.84.